The van der Waals surface area contributed by atoms with Crippen molar-refractivity contribution in [1.82, 2.24) is 10.3 Å². The second-order valence-corrected chi connectivity index (χ2v) is 6.19. The minimum Gasteiger partial charge on any atom is -0.508 e. The van der Waals surface area contributed by atoms with E-state index in [2.05, 4.69) is 10.3 Å². The molecule has 2 atom stereocenters. The van der Waals surface area contributed by atoms with Crippen molar-refractivity contribution in [1.29, 1.82) is 0 Å². The van der Waals surface area contributed by atoms with Crippen LogP contribution in [0.1, 0.15) is 29.4 Å². The van der Waals surface area contributed by atoms with Crippen LogP contribution in [0.5, 0.6) is 5.75 Å². The van der Waals surface area contributed by atoms with Crippen molar-refractivity contribution in [3.63, 3.8) is 0 Å². The molecule has 2 heterocycles. The number of amides is 1. The highest BCUT2D eigenvalue weighted by molar-refractivity contribution is 5.98. The predicted molar refractivity (Wildman–Crippen MR) is 90.2 cm³/mol. The molecule has 1 aliphatic heterocycles. The van der Waals surface area contributed by atoms with Crippen molar-refractivity contribution in [2.24, 2.45) is 0 Å². The Morgan fingerprint density at radius 2 is 2.33 bits per heavy atom. The normalized spacial score (nSPS) is 18.7. The summed E-state index contributed by atoms with van der Waals surface area (Å²) in [5.74, 6) is -0.0379. The summed E-state index contributed by atoms with van der Waals surface area (Å²) >= 11 is 0. The van der Waals surface area contributed by atoms with E-state index in [1.54, 1.807) is 31.2 Å². The van der Waals surface area contributed by atoms with Gasteiger partial charge in [0.1, 0.15) is 5.75 Å². The van der Waals surface area contributed by atoms with Crippen molar-refractivity contribution >= 4 is 16.8 Å². The Balaban J connectivity index is 1.67. The van der Waals surface area contributed by atoms with Gasteiger partial charge in [0.2, 0.25) is 0 Å². The zero-order chi connectivity index (χ0) is 17.1. The molecule has 1 aliphatic rings. The van der Waals surface area contributed by atoms with Crippen molar-refractivity contribution in [2.75, 3.05) is 19.8 Å². The number of aromatic nitrogens is 1. The number of phenols is 1. The number of nitrogens with zero attached hydrogens (tertiary/aromatic N) is 1. The van der Waals surface area contributed by atoms with Gasteiger partial charge in [-0.3, -0.25) is 9.78 Å². The van der Waals surface area contributed by atoms with Crippen molar-refractivity contribution in [3.05, 3.63) is 35.5 Å². The lowest BCUT2D eigenvalue weighted by Crippen LogP contribution is -2.37. The number of carbonyl (C=O) groups excluding carboxylic acids is 1. The molecule has 6 heteroatoms. The summed E-state index contributed by atoms with van der Waals surface area (Å²) in [6.45, 7) is 5.51. The molecule has 3 rings (SSSR count). The lowest BCUT2D eigenvalue weighted by molar-refractivity contribution is 0.0318. The second-order valence-electron chi connectivity index (χ2n) is 6.19. The number of carbonyl (C=O) groups is 1. The molecule has 0 bridgehead atoms. The van der Waals surface area contributed by atoms with Gasteiger partial charge in [-0.2, -0.15) is 0 Å². The first kappa shape index (κ1) is 16.7. The molecule has 2 N–H and O–H groups in total. The van der Waals surface area contributed by atoms with Gasteiger partial charge >= 0.3 is 0 Å². The monoisotopic (exact) mass is 330 g/mol. The summed E-state index contributed by atoms with van der Waals surface area (Å²) in [5.41, 5.74) is 1.91. The molecule has 1 saturated heterocycles. The zero-order valence-electron chi connectivity index (χ0n) is 13.9. The third kappa shape index (κ3) is 3.83. The van der Waals surface area contributed by atoms with Gasteiger partial charge in [-0.1, -0.05) is 0 Å². The van der Waals surface area contributed by atoms with Crippen molar-refractivity contribution in [2.45, 2.75) is 32.4 Å². The quantitative estimate of drug-likeness (QED) is 0.878. The molecule has 1 aromatic heterocycles. The number of aromatic hydroxyl groups is 1. The fourth-order valence-corrected chi connectivity index (χ4v) is 2.76. The van der Waals surface area contributed by atoms with E-state index in [4.69, 9.17) is 9.47 Å². The Morgan fingerprint density at radius 3 is 3.08 bits per heavy atom. The smallest absolute Gasteiger partial charge is 0.253 e. The third-order valence-electron chi connectivity index (χ3n) is 4.08. The number of ether oxygens (including phenoxy) is 2. The van der Waals surface area contributed by atoms with E-state index in [1.165, 1.54) is 0 Å². The fraction of sp³-hybridized carbons (Fsp3) is 0.444. The number of fused-ring (bicyclic) bond motifs is 1. The summed E-state index contributed by atoms with van der Waals surface area (Å²) in [5, 5.41) is 13.3. The Morgan fingerprint density at radius 1 is 1.50 bits per heavy atom. The van der Waals surface area contributed by atoms with Crippen LogP contribution in [-0.4, -0.2) is 48.0 Å². The van der Waals surface area contributed by atoms with Crippen LogP contribution in [0.2, 0.25) is 0 Å². The standard InChI is InChI=1S/C18H22N2O4/c1-11(9-24-15-5-6-23-10-15)19-18(22)16-8-13-7-14(21)3-4-17(13)20-12(16)2/h3-4,7-8,11,15,21H,5-6,9-10H2,1-2H3,(H,19,22). The van der Waals surface area contributed by atoms with E-state index in [1.807, 2.05) is 6.92 Å². The van der Waals surface area contributed by atoms with Crippen LogP contribution < -0.4 is 5.32 Å². The number of phenolic OH excluding ortho intramolecular Hbond substituents is 1. The molecule has 24 heavy (non-hydrogen) atoms. The molecule has 0 radical (unpaired) electrons. The lowest BCUT2D eigenvalue weighted by atomic mass is 10.1. The number of rotatable bonds is 5. The maximum atomic E-state index is 12.5. The molecule has 6 nitrogen and oxygen atoms in total. The number of hydrogen-bond donors (Lipinski definition) is 2. The average molecular weight is 330 g/mol. The number of nitrogens with one attached hydrogen (secondary N) is 1. The first-order valence-corrected chi connectivity index (χ1v) is 8.13. The van der Waals surface area contributed by atoms with Gasteiger partial charge in [0.25, 0.3) is 5.91 Å². The second kappa shape index (κ2) is 7.15. The van der Waals surface area contributed by atoms with E-state index in [0.29, 0.717) is 24.5 Å². The van der Waals surface area contributed by atoms with Gasteiger partial charge < -0.3 is 19.9 Å². The van der Waals surface area contributed by atoms with Gasteiger partial charge in [0, 0.05) is 18.0 Å². The first-order valence-electron chi connectivity index (χ1n) is 8.13. The summed E-state index contributed by atoms with van der Waals surface area (Å²) in [6.07, 6.45) is 1.02. The van der Waals surface area contributed by atoms with Gasteiger partial charge in [0.05, 0.1) is 36.1 Å². The van der Waals surface area contributed by atoms with E-state index >= 15 is 0 Å². The number of aryl methyl sites for hydroxylation is 1. The highest BCUT2D eigenvalue weighted by Crippen LogP contribution is 2.21. The maximum absolute atomic E-state index is 12.5. The van der Waals surface area contributed by atoms with Crippen LogP contribution in [0, 0.1) is 6.92 Å². The van der Waals surface area contributed by atoms with E-state index in [-0.39, 0.29) is 23.8 Å². The van der Waals surface area contributed by atoms with Crippen LogP contribution >= 0.6 is 0 Å². The van der Waals surface area contributed by atoms with Gasteiger partial charge in [0.15, 0.2) is 0 Å². The molecule has 0 saturated carbocycles. The minimum absolute atomic E-state index is 0.114. The molecular formula is C18H22N2O4. The highest BCUT2D eigenvalue weighted by atomic mass is 16.5. The number of benzene rings is 1. The predicted octanol–water partition coefficient (Wildman–Crippen LogP) is 2.17. The molecule has 1 amide bonds. The zero-order valence-corrected chi connectivity index (χ0v) is 13.9. The molecule has 0 spiro atoms. The Labute approximate surface area is 140 Å². The van der Waals surface area contributed by atoms with Crippen LogP contribution in [-0.2, 0) is 9.47 Å². The Bertz CT molecular complexity index is 741. The van der Waals surface area contributed by atoms with Crippen molar-refractivity contribution < 1.29 is 19.4 Å². The molecule has 2 unspecified atom stereocenters. The molecule has 1 aromatic carbocycles. The SMILES string of the molecule is Cc1nc2ccc(O)cc2cc1C(=O)NC(C)COC1CCOC1. The molecular weight excluding hydrogens is 308 g/mol. The minimum atomic E-state index is -0.191. The summed E-state index contributed by atoms with van der Waals surface area (Å²) < 4.78 is 11.0. The largest absolute Gasteiger partial charge is 0.508 e. The van der Waals surface area contributed by atoms with E-state index in [0.717, 1.165) is 23.9 Å². The summed E-state index contributed by atoms with van der Waals surface area (Å²) in [6, 6.07) is 6.56. The van der Waals surface area contributed by atoms with E-state index < -0.39 is 0 Å². The van der Waals surface area contributed by atoms with Crippen molar-refractivity contribution in [3.8, 4) is 5.75 Å². The first-order chi connectivity index (χ1) is 11.5. The van der Waals surface area contributed by atoms with Crippen LogP contribution in [0.25, 0.3) is 10.9 Å². The van der Waals surface area contributed by atoms with Gasteiger partial charge in [-0.15, -0.1) is 0 Å². The Hall–Kier alpha value is -2.18. The van der Waals surface area contributed by atoms with E-state index in [9.17, 15) is 9.90 Å². The molecule has 128 valence electrons. The van der Waals surface area contributed by atoms with Crippen LogP contribution in [0.15, 0.2) is 24.3 Å². The average Bonchev–Trinajstić information content (AvgIpc) is 3.06. The summed E-state index contributed by atoms with van der Waals surface area (Å²) in [4.78, 5) is 16.9. The van der Waals surface area contributed by atoms with Gasteiger partial charge in [-0.25, -0.2) is 0 Å². The van der Waals surface area contributed by atoms with Crippen LogP contribution in [0.3, 0.4) is 0 Å². The topological polar surface area (TPSA) is 80.7 Å². The van der Waals surface area contributed by atoms with Gasteiger partial charge in [-0.05, 0) is 44.5 Å². The summed E-state index contributed by atoms with van der Waals surface area (Å²) in [7, 11) is 0. The molecule has 0 aliphatic carbocycles. The molecule has 1 fully saturated rings. The molecule has 2 aromatic rings. The maximum Gasteiger partial charge on any atom is 0.253 e. The lowest BCUT2D eigenvalue weighted by Gasteiger charge is -2.17. The number of pyridine rings is 1. The fourth-order valence-electron chi connectivity index (χ4n) is 2.76. The van der Waals surface area contributed by atoms with Crippen LogP contribution in [0.4, 0.5) is 0 Å². The number of hydrogen-bond acceptors (Lipinski definition) is 5. The Kier molecular flexibility index (Phi) is 4.97. The third-order valence-corrected chi connectivity index (χ3v) is 4.08. The highest BCUT2D eigenvalue weighted by Gasteiger charge is 2.19.